The Balaban J connectivity index is 1.19. The molecule has 1 fully saturated rings. The maximum absolute atomic E-state index is 15.3. The molecule has 244 valence electrons. The van der Waals surface area contributed by atoms with E-state index in [2.05, 4.69) is 11.7 Å². The van der Waals surface area contributed by atoms with Gasteiger partial charge in [0, 0.05) is 23.3 Å². The van der Waals surface area contributed by atoms with Crippen LogP contribution in [0, 0.1) is 35.0 Å². The lowest BCUT2D eigenvalue weighted by molar-refractivity contribution is -0.180. The van der Waals surface area contributed by atoms with Crippen LogP contribution in [0.4, 0.5) is 30.7 Å². The zero-order valence-corrected chi connectivity index (χ0v) is 25.7. The van der Waals surface area contributed by atoms with E-state index in [0.717, 1.165) is 18.8 Å². The van der Waals surface area contributed by atoms with Gasteiger partial charge in [0.25, 0.3) is 0 Å². The zero-order valence-electron chi connectivity index (χ0n) is 25.7. The molecule has 0 N–H and O–H groups in total. The van der Waals surface area contributed by atoms with Crippen molar-refractivity contribution in [2.75, 3.05) is 0 Å². The van der Waals surface area contributed by atoms with Crippen molar-refractivity contribution in [2.45, 2.75) is 83.2 Å². The van der Waals surface area contributed by atoms with Crippen LogP contribution in [-0.2, 0) is 6.42 Å². The molecule has 0 saturated heterocycles. The third kappa shape index (κ3) is 8.12. The minimum atomic E-state index is -3.80. The molecule has 0 radical (unpaired) electrons. The van der Waals surface area contributed by atoms with Gasteiger partial charge in [-0.2, -0.15) is 8.78 Å². The van der Waals surface area contributed by atoms with Crippen LogP contribution in [-0.4, -0.2) is 6.11 Å². The van der Waals surface area contributed by atoms with Crippen LogP contribution in [0.25, 0.3) is 22.3 Å². The van der Waals surface area contributed by atoms with Crippen molar-refractivity contribution in [3.8, 4) is 28.0 Å². The normalized spacial score (nSPS) is 16.9. The van der Waals surface area contributed by atoms with Crippen molar-refractivity contribution in [1.82, 2.24) is 0 Å². The number of hydrogen-bond acceptors (Lipinski definition) is 1. The van der Waals surface area contributed by atoms with Crippen LogP contribution in [0.5, 0.6) is 5.75 Å². The SMILES string of the molecule is CCCCCC1CCC(c2ccc(-c3ccc(-c4ccc(CCC(F)(F)Oc5cc(F)c(F)c(F)c5)cc4)c(F)c3F)cc2)CC1. The number of hydrogen-bond donors (Lipinski definition) is 0. The summed E-state index contributed by atoms with van der Waals surface area (Å²) in [7, 11) is 0. The van der Waals surface area contributed by atoms with E-state index in [-0.39, 0.29) is 17.5 Å². The van der Waals surface area contributed by atoms with Gasteiger partial charge in [-0.1, -0.05) is 93.3 Å². The van der Waals surface area contributed by atoms with E-state index in [9.17, 15) is 22.0 Å². The Morgan fingerprint density at radius 1 is 0.674 bits per heavy atom. The summed E-state index contributed by atoms with van der Waals surface area (Å²) in [4.78, 5) is 0. The van der Waals surface area contributed by atoms with Gasteiger partial charge in [-0.15, -0.1) is 0 Å². The highest BCUT2D eigenvalue weighted by atomic mass is 19.3. The highest BCUT2D eigenvalue weighted by molar-refractivity contribution is 5.72. The summed E-state index contributed by atoms with van der Waals surface area (Å²) >= 11 is 0. The quantitative estimate of drug-likeness (QED) is 0.0849. The Bertz CT molecular complexity index is 1580. The summed E-state index contributed by atoms with van der Waals surface area (Å²) in [6.07, 6.45) is 5.11. The van der Waals surface area contributed by atoms with Gasteiger partial charge in [-0.3, -0.25) is 0 Å². The molecule has 0 heterocycles. The number of unbranched alkanes of at least 4 members (excludes halogenated alkanes) is 2. The highest BCUT2D eigenvalue weighted by Gasteiger charge is 2.32. The first kappa shape index (κ1) is 33.6. The van der Waals surface area contributed by atoms with E-state index in [4.69, 9.17) is 0 Å². The minimum absolute atomic E-state index is 0.0362. The van der Waals surface area contributed by atoms with Gasteiger partial charge < -0.3 is 4.74 Å². The number of rotatable bonds is 12. The predicted molar refractivity (Wildman–Crippen MR) is 166 cm³/mol. The molecule has 0 unspecified atom stereocenters. The first-order chi connectivity index (χ1) is 22.0. The molecule has 0 bridgehead atoms. The van der Waals surface area contributed by atoms with Gasteiger partial charge in [-0.05, 0) is 66.2 Å². The van der Waals surface area contributed by atoms with Crippen LogP contribution < -0.4 is 4.74 Å². The number of alkyl halides is 2. The van der Waals surface area contributed by atoms with E-state index in [1.165, 1.54) is 80.5 Å². The zero-order chi connectivity index (χ0) is 32.8. The monoisotopic (exact) mass is 642 g/mol. The van der Waals surface area contributed by atoms with Gasteiger partial charge in [0.2, 0.25) is 0 Å². The van der Waals surface area contributed by atoms with Crippen molar-refractivity contribution in [2.24, 2.45) is 5.92 Å². The Labute approximate surface area is 265 Å². The van der Waals surface area contributed by atoms with Crippen molar-refractivity contribution >= 4 is 0 Å². The Kier molecular flexibility index (Phi) is 10.7. The number of aryl methyl sites for hydroxylation is 1. The molecule has 0 spiro atoms. The number of halogens is 7. The summed E-state index contributed by atoms with van der Waals surface area (Å²) in [5, 5.41) is 0. The second-order valence-electron chi connectivity index (χ2n) is 12.3. The molecule has 1 aliphatic carbocycles. The summed E-state index contributed by atoms with van der Waals surface area (Å²) in [5.74, 6) is -6.57. The highest BCUT2D eigenvalue weighted by Crippen LogP contribution is 2.39. The standard InChI is InChI=1S/C38H37F7O/c1-2-3-4-5-24-6-10-26(11-7-24)27-14-16-29(17-15-27)32-19-18-31(35(41)36(32)42)28-12-8-25(9-13-28)20-21-38(44,45)46-30-22-33(39)37(43)34(40)23-30/h8-9,12-19,22-24,26H,2-7,10-11,20-21H2,1H3. The van der Waals surface area contributed by atoms with E-state index in [1.807, 2.05) is 24.3 Å². The maximum Gasteiger partial charge on any atom is 0.398 e. The molecule has 0 amide bonds. The molecule has 0 aliphatic heterocycles. The van der Waals surface area contributed by atoms with Gasteiger partial charge in [0.1, 0.15) is 5.75 Å². The van der Waals surface area contributed by atoms with Crippen molar-refractivity contribution in [1.29, 1.82) is 0 Å². The summed E-state index contributed by atoms with van der Waals surface area (Å²) in [5.41, 5.74) is 2.83. The molecular formula is C38H37F7O. The number of benzene rings is 4. The van der Waals surface area contributed by atoms with E-state index in [1.54, 1.807) is 0 Å². The van der Waals surface area contributed by atoms with Gasteiger partial charge in [-0.25, -0.2) is 22.0 Å². The van der Waals surface area contributed by atoms with E-state index in [0.29, 0.717) is 34.7 Å². The van der Waals surface area contributed by atoms with E-state index < -0.39 is 47.4 Å². The topological polar surface area (TPSA) is 9.23 Å². The van der Waals surface area contributed by atoms with Crippen LogP contribution in [0.2, 0.25) is 0 Å². The molecule has 4 aromatic rings. The maximum atomic E-state index is 15.3. The molecule has 4 aromatic carbocycles. The Morgan fingerprint density at radius 3 is 1.76 bits per heavy atom. The lowest BCUT2D eigenvalue weighted by Crippen LogP contribution is -2.25. The van der Waals surface area contributed by atoms with Crippen LogP contribution in [0.1, 0.15) is 81.8 Å². The van der Waals surface area contributed by atoms with Crippen LogP contribution >= 0.6 is 0 Å². The number of ether oxygens (including phenoxy) is 1. The fraction of sp³-hybridized carbons (Fsp3) is 0.368. The molecular weight excluding hydrogens is 605 g/mol. The third-order valence-corrected chi connectivity index (χ3v) is 9.03. The first-order valence-corrected chi connectivity index (χ1v) is 15.9. The van der Waals surface area contributed by atoms with E-state index >= 15 is 8.78 Å². The Morgan fingerprint density at radius 2 is 1.22 bits per heavy atom. The molecule has 1 aliphatic rings. The summed E-state index contributed by atoms with van der Waals surface area (Å²) in [6.45, 7) is 2.23. The summed E-state index contributed by atoms with van der Waals surface area (Å²) in [6, 6.07) is 17.5. The predicted octanol–water partition coefficient (Wildman–Crippen LogP) is 12.2. The third-order valence-electron chi connectivity index (χ3n) is 9.03. The Hall–Kier alpha value is -3.81. The molecule has 0 atom stereocenters. The van der Waals surface area contributed by atoms with Crippen LogP contribution in [0.3, 0.4) is 0 Å². The lowest BCUT2D eigenvalue weighted by Gasteiger charge is -2.29. The van der Waals surface area contributed by atoms with Crippen molar-refractivity contribution in [3.05, 3.63) is 113 Å². The minimum Gasteiger partial charge on any atom is -0.432 e. The van der Waals surface area contributed by atoms with Gasteiger partial charge >= 0.3 is 6.11 Å². The van der Waals surface area contributed by atoms with Crippen LogP contribution in [0.15, 0.2) is 72.8 Å². The lowest BCUT2D eigenvalue weighted by atomic mass is 9.77. The largest absolute Gasteiger partial charge is 0.432 e. The second-order valence-corrected chi connectivity index (χ2v) is 12.3. The second kappa shape index (κ2) is 14.7. The molecule has 5 rings (SSSR count). The van der Waals surface area contributed by atoms with Gasteiger partial charge in [0.15, 0.2) is 29.1 Å². The molecule has 1 nitrogen and oxygen atoms in total. The smallest absolute Gasteiger partial charge is 0.398 e. The van der Waals surface area contributed by atoms with Crippen molar-refractivity contribution in [3.63, 3.8) is 0 Å². The molecule has 0 aromatic heterocycles. The molecule has 1 saturated carbocycles. The van der Waals surface area contributed by atoms with Crippen molar-refractivity contribution < 1.29 is 35.5 Å². The average Bonchev–Trinajstić information content (AvgIpc) is 3.05. The fourth-order valence-electron chi connectivity index (χ4n) is 6.35. The first-order valence-electron chi connectivity index (χ1n) is 15.9. The molecule has 46 heavy (non-hydrogen) atoms. The fourth-order valence-corrected chi connectivity index (χ4v) is 6.35. The average molecular weight is 643 g/mol. The van der Waals surface area contributed by atoms with Gasteiger partial charge in [0.05, 0.1) is 6.42 Å². The molecule has 8 heteroatoms. The summed E-state index contributed by atoms with van der Waals surface area (Å²) < 4.78 is 103.